The molecule has 0 radical (unpaired) electrons. The van der Waals surface area contributed by atoms with Gasteiger partial charge in [-0.2, -0.15) is 0 Å². The fourth-order valence-electron chi connectivity index (χ4n) is 1.77. The highest BCUT2D eigenvalue weighted by molar-refractivity contribution is 5.87. The van der Waals surface area contributed by atoms with E-state index in [0.29, 0.717) is 13.0 Å². The first-order chi connectivity index (χ1) is 8.10. The van der Waals surface area contributed by atoms with Crippen molar-refractivity contribution in [1.82, 2.24) is 10.2 Å². The number of hydrogen-bond donors (Lipinski definition) is 1. The van der Waals surface area contributed by atoms with Crippen molar-refractivity contribution in [3.63, 3.8) is 0 Å². The number of alkyl carbamates (subject to hydrolysis) is 1. The van der Waals surface area contributed by atoms with Gasteiger partial charge in [-0.3, -0.25) is 4.79 Å². The lowest BCUT2D eigenvalue weighted by Gasteiger charge is -2.22. The molecule has 1 heterocycles. The first kappa shape index (κ1) is 13.3. The maximum atomic E-state index is 11.7. The molecule has 1 rings (SSSR count). The van der Waals surface area contributed by atoms with Gasteiger partial charge in [-0.15, -0.1) is 0 Å². The van der Waals surface area contributed by atoms with Crippen LogP contribution in [-0.2, 0) is 19.1 Å². The van der Waals surface area contributed by atoms with Crippen molar-refractivity contribution in [3.05, 3.63) is 0 Å². The summed E-state index contributed by atoms with van der Waals surface area (Å²) in [5.41, 5.74) is 0. The number of likely N-dealkylation sites (tertiary alicyclic amines) is 1. The van der Waals surface area contributed by atoms with E-state index in [9.17, 15) is 14.4 Å². The standard InChI is InChI=1S/C10H16N2O5/c1-16-9(14)7-4-3-5-12(7)8(13)6-11-10(15)17-2/h7H,3-6H2,1-2H3,(H,11,15)/t7-/m0/s1. The molecule has 1 fully saturated rings. The lowest BCUT2D eigenvalue weighted by atomic mass is 10.2. The van der Waals surface area contributed by atoms with Crippen LogP contribution in [0, 0.1) is 0 Å². The van der Waals surface area contributed by atoms with Crippen molar-refractivity contribution in [2.45, 2.75) is 18.9 Å². The number of esters is 1. The Balaban J connectivity index is 2.50. The highest BCUT2D eigenvalue weighted by Gasteiger charge is 2.34. The molecular weight excluding hydrogens is 228 g/mol. The Kier molecular flexibility index (Phi) is 4.74. The van der Waals surface area contributed by atoms with Crippen LogP contribution in [-0.4, -0.2) is 56.2 Å². The van der Waals surface area contributed by atoms with Gasteiger partial charge >= 0.3 is 12.1 Å². The summed E-state index contributed by atoms with van der Waals surface area (Å²) < 4.78 is 8.96. The zero-order chi connectivity index (χ0) is 12.8. The van der Waals surface area contributed by atoms with Gasteiger partial charge in [-0.1, -0.05) is 0 Å². The monoisotopic (exact) mass is 244 g/mol. The Morgan fingerprint density at radius 3 is 2.59 bits per heavy atom. The molecule has 0 aromatic carbocycles. The van der Waals surface area contributed by atoms with E-state index in [1.165, 1.54) is 19.1 Å². The number of nitrogens with one attached hydrogen (secondary N) is 1. The van der Waals surface area contributed by atoms with E-state index in [4.69, 9.17) is 0 Å². The third kappa shape index (κ3) is 3.33. The third-order valence-corrected chi connectivity index (χ3v) is 2.62. The van der Waals surface area contributed by atoms with Gasteiger partial charge in [0.05, 0.1) is 14.2 Å². The molecule has 1 saturated heterocycles. The first-order valence-corrected chi connectivity index (χ1v) is 5.29. The SMILES string of the molecule is COC(=O)NCC(=O)N1CCC[C@H]1C(=O)OC. The summed E-state index contributed by atoms with van der Waals surface area (Å²) in [6.07, 6.45) is 0.674. The smallest absolute Gasteiger partial charge is 0.407 e. The number of amides is 2. The van der Waals surface area contributed by atoms with Crippen molar-refractivity contribution >= 4 is 18.0 Å². The molecule has 7 heteroatoms. The molecule has 0 aliphatic carbocycles. The van der Waals surface area contributed by atoms with Crippen LogP contribution in [0.25, 0.3) is 0 Å². The first-order valence-electron chi connectivity index (χ1n) is 5.29. The summed E-state index contributed by atoms with van der Waals surface area (Å²) >= 11 is 0. The van der Waals surface area contributed by atoms with E-state index in [-0.39, 0.29) is 12.5 Å². The Bertz CT molecular complexity index is 318. The number of methoxy groups -OCH3 is 2. The van der Waals surface area contributed by atoms with Crippen LogP contribution in [0.1, 0.15) is 12.8 Å². The summed E-state index contributed by atoms with van der Waals surface area (Å²) in [6.45, 7) is 0.321. The number of carbonyl (C=O) groups is 3. The van der Waals surface area contributed by atoms with E-state index in [1.807, 2.05) is 0 Å². The average molecular weight is 244 g/mol. The molecule has 0 saturated carbocycles. The van der Waals surface area contributed by atoms with Crippen LogP contribution in [0.2, 0.25) is 0 Å². The van der Waals surface area contributed by atoms with Crippen LogP contribution >= 0.6 is 0 Å². The second kappa shape index (κ2) is 6.07. The van der Waals surface area contributed by atoms with Crippen LogP contribution in [0.5, 0.6) is 0 Å². The van der Waals surface area contributed by atoms with Gasteiger partial charge in [0.25, 0.3) is 0 Å². The van der Waals surface area contributed by atoms with E-state index in [1.54, 1.807) is 0 Å². The molecule has 96 valence electrons. The maximum absolute atomic E-state index is 11.7. The number of carbonyl (C=O) groups excluding carboxylic acids is 3. The Labute approximate surface area is 99.0 Å². The van der Waals surface area contributed by atoms with Crippen molar-refractivity contribution in [2.24, 2.45) is 0 Å². The number of hydrogen-bond acceptors (Lipinski definition) is 5. The Morgan fingerprint density at radius 1 is 1.29 bits per heavy atom. The van der Waals surface area contributed by atoms with Crippen molar-refractivity contribution in [1.29, 1.82) is 0 Å². The molecule has 1 N–H and O–H groups in total. The lowest BCUT2D eigenvalue weighted by Crippen LogP contribution is -2.45. The molecule has 1 atom stereocenters. The Hall–Kier alpha value is -1.79. The van der Waals surface area contributed by atoms with Gasteiger partial charge in [0.2, 0.25) is 5.91 Å². The van der Waals surface area contributed by atoms with Crippen molar-refractivity contribution < 1.29 is 23.9 Å². The minimum Gasteiger partial charge on any atom is -0.467 e. The molecule has 1 aliphatic rings. The fraction of sp³-hybridized carbons (Fsp3) is 0.700. The van der Waals surface area contributed by atoms with Crippen molar-refractivity contribution in [2.75, 3.05) is 27.3 Å². The van der Waals surface area contributed by atoms with Gasteiger partial charge in [0.1, 0.15) is 12.6 Å². The van der Waals surface area contributed by atoms with E-state index < -0.39 is 18.1 Å². The minimum absolute atomic E-state index is 0.180. The van der Waals surface area contributed by atoms with Crippen LogP contribution in [0.3, 0.4) is 0 Å². The quantitative estimate of drug-likeness (QED) is 0.677. The average Bonchev–Trinajstić information content (AvgIpc) is 2.83. The lowest BCUT2D eigenvalue weighted by molar-refractivity contribution is -0.150. The van der Waals surface area contributed by atoms with E-state index in [0.717, 1.165) is 6.42 Å². The van der Waals surface area contributed by atoms with Gasteiger partial charge in [-0.05, 0) is 12.8 Å². The van der Waals surface area contributed by atoms with Crippen molar-refractivity contribution in [3.8, 4) is 0 Å². The molecule has 17 heavy (non-hydrogen) atoms. The summed E-state index contributed by atoms with van der Waals surface area (Å²) in [5.74, 6) is -0.739. The predicted octanol–water partition coefficient (Wildman–Crippen LogP) is -0.494. The highest BCUT2D eigenvalue weighted by atomic mass is 16.5. The molecule has 0 aromatic heterocycles. The number of ether oxygens (including phenoxy) is 2. The molecule has 0 unspecified atom stereocenters. The zero-order valence-corrected chi connectivity index (χ0v) is 9.89. The molecule has 0 bridgehead atoms. The zero-order valence-electron chi connectivity index (χ0n) is 9.89. The molecule has 2 amide bonds. The molecule has 7 nitrogen and oxygen atoms in total. The predicted molar refractivity (Wildman–Crippen MR) is 57.2 cm³/mol. The van der Waals surface area contributed by atoms with Crippen LogP contribution in [0.15, 0.2) is 0 Å². The maximum Gasteiger partial charge on any atom is 0.407 e. The largest absolute Gasteiger partial charge is 0.467 e. The minimum atomic E-state index is -0.674. The van der Waals surface area contributed by atoms with Gasteiger partial charge in [-0.25, -0.2) is 9.59 Å². The third-order valence-electron chi connectivity index (χ3n) is 2.62. The molecular formula is C10H16N2O5. The second-order valence-corrected chi connectivity index (χ2v) is 3.61. The topological polar surface area (TPSA) is 84.9 Å². The molecule has 0 spiro atoms. The molecule has 0 aromatic rings. The molecule has 1 aliphatic heterocycles. The normalized spacial score (nSPS) is 18.7. The summed E-state index contributed by atoms with van der Waals surface area (Å²) in [7, 11) is 2.50. The fourth-order valence-corrected chi connectivity index (χ4v) is 1.77. The van der Waals surface area contributed by atoms with Gasteiger partial charge < -0.3 is 19.7 Å². The number of rotatable bonds is 3. The second-order valence-electron chi connectivity index (χ2n) is 3.61. The van der Waals surface area contributed by atoms with Crippen LogP contribution in [0.4, 0.5) is 4.79 Å². The van der Waals surface area contributed by atoms with Crippen LogP contribution < -0.4 is 5.32 Å². The summed E-state index contributed by atoms with van der Waals surface area (Å²) in [6, 6.07) is -0.535. The van der Waals surface area contributed by atoms with E-state index >= 15 is 0 Å². The number of nitrogens with zero attached hydrogens (tertiary/aromatic N) is 1. The van der Waals surface area contributed by atoms with Gasteiger partial charge in [0, 0.05) is 6.54 Å². The van der Waals surface area contributed by atoms with Gasteiger partial charge in [0.15, 0.2) is 0 Å². The summed E-state index contributed by atoms with van der Waals surface area (Å²) in [4.78, 5) is 35.4. The highest BCUT2D eigenvalue weighted by Crippen LogP contribution is 2.18. The van der Waals surface area contributed by atoms with E-state index in [2.05, 4.69) is 14.8 Å². The Morgan fingerprint density at radius 2 is 2.00 bits per heavy atom. The summed E-state index contributed by atoms with van der Waals surface area (Å²) in [5, 5.41) is 2.28.